The molecule has 128 valence electrons. The van der Waals surface area contributed by atoms with Crippen LogP contribution in [0.4, 0.5) is 4.79 Å². The molecule has 2 aromatic rings. The fraction of sp³-hybridized carbons (Fsp3) is 0.471. The molecule has 2 amide bonds. The number of fused-ring (bicyclic) bond motifs is 1. The maximum absolute atomic E-state index is 12.7. The second-order valence-electron chi connectivity index (χ2n) is 6.05. The van der Waals surface area contributed by atoms with E-state index in [1.165, 1.54) is 0 Å². The van der Waals surface area contributed by atoms with Crippen LogP contribution in [0.2, 0.25) is 0 Å². The number of carbonyl (C=O) groups excluding carboxylic acids is 2. The predicted octanol–water partition coefficient (Wildman–Crippen LogP) is 1.99. The van der Waals surface area contributed by atoms with Crippen LogP contribution in [-0.2, 0) is 4.74 Å². The smallest absolute Gasteiger partial charge is 0.407 e. The van der Waals surface area contributed by atoms with Crippen molar-refractivity contribution >= 4 is 17.6 Å². The molecule has 7 nitrogen and oxygen atoms in total. The first-order chi connectivity index (χ1) is 11.6. The lowest BCUT2D eigenvalue weighted by atomic mass is 10.1. The molecule has 0 aliphatic carbocycles. The highest BCUT2D eigenvalue weighted by atomic mass is 16.5. The number of aryl methyl sites for hydroxylation is 1. The lowest BCUT2D eigenvalue weighted by molar-refractivity contribution is 0.0681. The van der Waals surface area contributed by atoms with Crippen molar-refractivity contribution in [3.05, 3.63) is 35.8 Å². The first-order valence-corrected chi connectivity index (χ1v) is 8.24. The molecule has 0 radical (unpaired) electrons. The number of carbonyl (C=O) groups is 2. The van der Waals surface area contributed by atoms with Crippen LogP contribution in [0.3, 0.4) is 0 Å². The lowest BCUT2D eigenvalue weighted by Crippen LogP contribution is -2.49. The van der Waals surface area contributed by atoms with Gasteiger partial charge in [-0.3, -0.25) is 4.79 Å². The van der Waals surface area contributed by atoms with Gasteiger partial charge in [-0.05, 0) is 44.4 Å². The third kappa shape index (κ3) is 3.50. The Kier molecular flexibility index (Phi) is 4.69. The molecule has 0 bridgehead atoms. The van der Waals surface area contributed by atoms with Crippen molar-refractivity contribution < 1.29 is 14.3 Å². The third-order valence-corrected chi connectivity index (χ3v) is 4.14. The Bertz CT molecular complexity index is 755. The average Bonchev–Trinajstić information content (AvgIpc) is 2.97. The zero-order valence-corrected chi connectivity index (χ0v) is 14.0. The molecule has 7 heteroatoms. The van der Waals surface area contributed by atoms with Crippen LogP contribution >= 0.6 is 0 Å². The van der Waals surface area contributed by atoms with Crippen molar-refractivity contribution in [3.63, 3.8) is 0 Å². The molecule has 1 saturated heterocycles. The maximum Gasteiger partial charge on any atom is 0.407 e. The lowest BCUT2D eigenvalue weighted by Gasteiger charge is -2.32. The van der Waals surface area contributed by atoms with Gasteiger partial charge in [-0.15, -0.1) is 0 Å². The molecule has 0 saturated carbocycles. The maximum atomic E-state index is 12.7. The van der Waals surface area contributed by atoms with Crippen molar-refractivity contribution in [3.8, 4) is 0 Å². The van der Waals surface area contributed by atoms with E-state index in [1.54, 1.807) is 18.0 Å². The standard InChI is InChI=1S/C17H22N4O3/c1-3-24-17(23)18-13-5-4-7-21(10-13)16(22)14-11-20-8-6-12(2)9-15(20)19-14/h6,8-9,11,13H,3-5,7,10H2,1-2H3,(H,18,23)/t13-/m1/s1. The van der Waals surface area contributed by atoms with Crippen LogP contribution in [0.15, 0.2) is 24.5 Å². The number of nitrogens with zero attached hydrogens (tertiary/aromatic N) is 3. The SMILES string of the molecule is CCOC(=O)N[C@@H]1CCCN(C(=O)c2cn3ccc(C)cc3n2)C1. The van der Waals surface area contributed by atoms with Crippen molar-refractivity contribution in [1.29, 1.82) is 0 Å². The summed E-state index contributed by atoms with van der Waals surface area (Å²) in [5.41, 5.74) is 2.29. The van der Waals surface area contributed by atoms with Crippen LogP contribution < -0.4 is 5.32 Å². The number of imidazole rings is 1. The Balaban J connectivity index is 1.70. The number of nitrogens with one attached hydrogen (secondary N) is 1. The zero-order chi connectivity index (χ0) is 17.1. The van der Waals surface area contributed by atoms with E-state index >= 15 is 0 Å². The van der Waals surface area contributed by atoms with Gasteiger partial charge in [0.25, 0.3) is 5.91 Å². The summed E-state index contributed by atoms with van der Waals surface area (Å²) >= 11 is 0. The Morgan fingerprint density at radius 2 is 2.29 bits per heavy atom. The van der Waals surface area contributed by atoms with Gasteiger partial charge < -0.3 is 19.4 Å². The van der Waals surface area contributed by atoms with Crippen molar-refractivity contribution in [2.45, 2.75) is 32.7 Å². The van der Waals surface area contributed by atoms with E-state index in [0.717, 1.165) is 24.1 Å². The van der Waals surface area contributed by atoms with Crippen LogP contribution in [0.1, 0.15) is 35.8 Å². The normalized spacial score (nSPS) is 17.8. The average molecular weight is 330 g/mol. The molecule has 1 fully saturated rings. The van der Waals surface area contributed by atoms with Crippen LogP contribution in [-0.4, -0.2) is 52.0 Å². The molecule has 3 heterocycles. The minimum Gasteiger partial charge on any atom is -0.450 e. The number of pyridine rings is 1. The molecule has 1 N–H and O–H groups in total. The van der Waals surface area contributed by atoms with E-state index in [-0.39, 0.29) is 11.9 Å². The van der Waals surface area contributed by atoms with Gasteiger partial charge in [0.1, 0.15) is 11.3 Å². The Morgan fingerprint density at radius 3 is 3.08 bits per heavy atom. The van der Waals surface area contributed by atoms with Gasteiger partial charge in [-0.1, -0.05) is 0 Å². The third-order valence-electron chi connectivity index (χ3n) is 4.14. The van der Waals surface area contributed by atoms with E-state index < -0.39 is 6.09 Å². The van der Waals surface area contributed by atoms with E-state index in [4.69, 9.17) is 4.74 Å². The number of likely N-dealkylation sites (tertiary alicyclic amines) is 1. The fourth-order valence-electron chi connectivity index (χ4n) is 2.97. The summed E-state index contributed by atoms with van der Waals surface area (Å²) in [5, 5.41) is 2.81. The molecule has 1 aliphatic rings. The molecule has 0 unspecified atom stereocenters. The second-order valence-corrected chi connectivity index (χ2v) is 6.05. The Morgan fingerprint density at radius 1 is 1.46 bits per heavy atom. The molecule has 0 aromatic carbocycles. The number of rotatable bonds is 3. The number of hydrogen-bond acceptors (Lipinski definition) is 4. The van der Waals surface area contributed by atoms with Gasteiger partial charge in [0.05, 0.1) is 6.61 Å². The van der Waals surface area contributed by atoms with Gasteiger partial charge in [-0.25, -0.2) is 9.78 Å². The fourth-order valence-corrected chi connectivity index (χ4v) is 2.97. The molecular formula is C17H22N4O3. The molecule has 2 aromatic heterocycles. The number of amides is 2. The number of alkyl carbamates (subject to hydrolysis) is 1. The largest absolute Gasteiger partial charge is 0.450 e. The highest BCUT2D eigenvalue weighted by molar-refractivity contribution is 5.93. The van der Waals surface area contributed by atoms with Crippen molar-refractivity contribution in [2.75, 3.05) is 19.7 Å². The Labute approximate surface area is 140 Å². The first kappa shape index (κ1) is 16.3. The number of hydrogen-bond donors (Lipinski definition) is 1. The molecule has 0 spiro atoms. The summed E-state index contributed by atoms with van der Waals surface area (Å²) < 4.78 is 6.75. The van der Waals surface area contributed by atoms with E-state index in [0.29, 0.717) is 25.4 Å². The summed E-state index contributed by atoms with van der Waals surface area (Å²) in [5.74, 6) is -0.105. The molecule has 3 rings (SSSR count). The van der Waals surface area contributed by atoms with Crippen LogP contribution in [0.25, 0.3) is 5.65 Å². The minimum atomic E-state index is -0.431. The molecule has 1 atom stereocenters. The number of piperidine rings is 1. The Hall–Kier alpha value is -2.57. The first-order valence-electron chi connectivity index (χ1n) is 8.24. The van der Waals surface area contributed by atoms with Gasteiger partial charge in [0.15, 0.2) is 0 Å². The van der Waals surface area contributed by atoms with Crippen LogP contribution in [0, 0.1) is 6.92 Å². The zero-order valence-electron chi connectivity index (χ0n) is 14.0. The monoisotopic (exact) mass is 330 g/mol. The van der Waals surface area contributed by atoms with Crippen LogP contribution in [0.5, 0.6) is 0 Å². The molecule has 24 heavy (non-hydrogen) atoms. The van der Waals surface area contributed by atoms with E-state index in [1.807, 2.05) is 29.7 Å². The highest BCUT2D eigenvalue weighted by Crippen LogP contribution is 2.15. The quantitative estimate of drug-likeness (QED) is 0.934. The van der Waals surface area contributed by atoms with E-state index in [2.05, 4.69) is 10.3 Å². The number of aromatic nitrogens is 2. The predicted molar refractivity (Wildman–Crippen MR) is 89.0 cm³/mol. The highest BCUT2D eigenvalue weighted by Gasteiger charge is 2.27. The van der Waals surface area contributed by atoms with Gasteiger partial charge in [0, 0.05) is 31.5 Å². The molecule has 1 aliphatic heterocycles. The van der Waals surface area contributed by atoms with Crippen molar-refractivity contribution in [2.24, 2.45) is 0 Å². The summed E-state index contributed by atoms with van der Waals surface area (Å²) in [7, 11) is 0. The van der Waals surface area contributed by atoms with E-state index in [9.17, 15) is 9.59 Å². The minimum absolute atomic E-state index is 0.0824. The second kappa shape index (κ2) is 6.90. The number of ether oxygens (including phenoxy) is 1. The van der Waals surface area contributed by atoms with Gasteiger partial charge in [-0.2, -0.15) is 0 Å². The summed E-state index contributed by atoms with van der Waals surface area (Å²) in [4.78, 5) is 30.4. The topological polar surface area (TPSA) is 75.9 Å². The molecular weight excluding hydrogens is 308 g/mol. The van der Waals surface area contributed by atoms with Gasteiger partial charge >= 0.3 is 6.09 Å². The summed E-state index contributed by atoms with van der Waals surface area (Å²) in [6.07, 6.45) is 4.90. The van der Waals surface area contributed by atoms with Crippen molar-refractivity contribution in [1.82, 2.24) is 19.6 Å². The summed E-state index contributed by atoms with van der Waals surface area (Å²) in [6, 6.07) is 3.84. The van der Waals surface area contributed by atoms with Gasteiger partial charge in [0.2, 0.25) is 0 Å². The summed E-state index contributed by atoms with van der Waals surface area (Å²) in [6.45, 7) is 5.24.